The van der Waals surface area contributed by atoms with E-state index in [0.29, 0.717) is 24.4 Å². The van der Waals surface area contributed by atoms with Gasteiger partial charge in [-0.15, -0.1) is 0 Å². The Bertz CT molecular complexity index is 714. The smallest absolute Gasteiger partial charge is 0.325 e. The molecular formula is C18H22ClN3O3. The van der Waals surface area contributed by atoms with Crippen LogP contribution < -0.4 is 10.6 Å². The number of amides is 4. The van der Waals surface area contributed by atoms with Crippen molar-refractivity contribution in [1.82, 2.24) is 15.5 Å². The summed E-state index contributed by atoms with van der Waals surface area (Å²) < 4.78 is 0. The number of carbonyl (C=O) groups is 3. The van der Waals surface area contributed by atoms with Gasteiger partial charge in [0.1, 0.15) is 12.1 Å². The quantitative estimate of drug-likeness (QED) is 0.807. The molecule has 2 fully saturated rings. The molecule has 1 spiro atoms. The number of benzene rings is 1. The average Bonchev–Trinajstić information content (AvgIpc) is 2.80. The van der Waals surface area contributed by atoms with Crippen molar-refractivity contribution < 1.29 is 14.4 Å². The number of hydrogen-bond acceptors (Lipinski definition) is 3. The zero-order chi connectivity index (χ0) is 18.0. The number of aryl methyl sites for hydroxylation is 1. The van der Waals surface area contributed by atoms with Crippen molar-refractivity contribution in [3.8, 4) is 0 Å². The van der Waals surface area contributed by atoms with Gasteiger partial charge in [0, 0.05) is 11.6 Å². The molecule has 1 saturated carbocycles. The number of imide groups is 1. The normalized spacial score (nSPS) is 19.2. The molecule has 2 N–H and O–H groups in total. The third-order valence-corrected chi connectivity index (χ3v) is 5.28. The van der Waals surface area contributed by atoms with E-state index in [0.717, 1.165) is 35.3 Å². The molecule has 0 atom stereocenters. The van der Waals surface area contributed by atoms with Crippen molar-refractivity contribution in [1.29, 1.82) is 0 Å². The first-order valence-electron chi connectivity index (χ1n) is 8.57. The van der Waals surface area contributed by atoms with Crippen LogP contribution in [-0.2, 0) is 16.1 Å². The van der Waals surface area contributed by atoms with Gasteiger partial charge in [0.15, 0.2) is 0 Å². The van der Waals surface area contributed by atoms with E-state index in [9.17, 15) is 14.4 Å². The minimum Gasteiger partial charge on any atom is -0.350 e. The Labute approximate surface area is 151 Å². The van der Waals surface area contributed by atoms with E-state index in [-0.39, 0.29) is 18.4 Å². The molecule has 134 valence electrons. The summed E-state index contributed by atoms with van der Waals surface area (Å²) in [7, 11) is 0. The molecule has 1 aromatic carbocycles. The number of rotatable bonds is 4. The van der Waals surface area contributed by atoms with E-state index in [1.54, 1.807) is 12.1 Å². The van der Waals surface area contributed by atoms with Crippen LogP contribution in [0.4, 0.5) is 4.79 Å². The second-order valence-electron chi connectivity index (χ2n) is 6.81. The summed E-state index contributed by atoms with van der Waals surface area (Å²) in [5.41, 5.74) is 1.13. The van der Waals surface area contributed by atoms with Gasteiger partial charge < -0.3 is 10.6 Å². The Morgan fingerprint density at radius 2 is 2.00 bits per heavy atom. The number of nitrogens with one attached hydrogen (secondary N) is 2. The van der Waals surface area contributed by atoms with E-state index in [2.05, 4.69) is 10.6 Å². The molecule has 1 aliphatic carbocycles. The minimum atomic E-state index is -0.793. The fraction of sp³-hybridized carbons (Fsp3) is 0.500. The Kier molecular flexibility index (Phi) is 4.99. The predicted molar refractivity (Wildman–Crippen MR) is 94.1 cm³/mol. The van der Waals surface area contributed by atoms with E-state index >= 15 is 0 Å². The number of carbonyl (C=O) groups excluding carboxylic acids is 3. The van der Waals surface area contributed by atoms with Gasteiger partial charge >= 0.3 is 6.03 Å². The Morgan fingerprint density at radius 3 is 2.72 bits per heavy atom. The molecule has 0 unspecified atom stereocenters. The molecule has 6 nitrogen and oxygen atoms in total. The van der Waals surface area contributed by atoms with E-state index in [4.69, 9.17) is 11.6 Å². The van der Waals surface area contributed by atoms with Gasteiger partial charge in [0.25, 0.3) is 5.91 Å². The van der Waals surface area contributed by atoms with Crippen molar-refractivity contribution in [2.75, 3.05) is 6.54 Å². The zero-order valence-corrected chi connectivity index (χ0v) is 15.0. The molecule has 1 aliphatic heterocycles. The Balaban J connectivity index is 1.60. The minimum absolute atomic E-state index is 0.258. The van der Waals surface area contributed by atoms with Crippen LogP contribution in [0.2, 0.25) is 5.02 Å². The van der Waals surface area contributed by atoms with E-state index < -0.39 is 11.6 Å². The first kappa shape index (κ1) is 17.7. The van der Waals surface area contributed by atoms with Crippen LogP contribution in [0.3, 0.4) is 0 Å². The molecular weight excluding hydrogens is 342 g/mol. The van der Waals surface area contributed by atoms with Gasteiger partial charge in [-0.2, -0.15) is 0 Å². The first-order chi connectivity index (χ1) is 11.9. The summed E-state index contributed by atoms with van der Waals surface area (Å²) in [4.78, 5) is 38.1. The lowest BCUT2D eigenvalue weighted by Crippen LogP contribution is -2.49. The molecule has 0 bridgehead atoms. The summed E-state index contributed by atoms with van der Waals surface area (Å²) in [6.45, 7) is 1.98. The van der Waals surface area contributed by atoms with Crippen LogP contribution in [0.1, 0.15) is 43.2 Å². The molecule has 3 rings (SSSR count). The number of nitrogens with zero attached hydrogens (tertiary/aromatic N) is 1. The van der Waals surface area contributed by atoms with Crippen LogP contribution in [0.15, 0.2) is 18.2 Å². The molecule has 2 aliphatic rings. The number of hydrogen-bond donors (Lipinski definition) is 2. The van der Waals surface area contributed by atoms with Crippen LogP contribution >= 0.6 is 11.6 Å². The topological polar surface area (TPSA) is 78.5 Å². The third kappa shape index (κ3) is 3.63. The molecule has 1 aromatic rings. The highest BCUT2D eigenvalue weighted by atomic mass is 35.5. The highest BCUT2D eigenvalue weighted by Crippen LogP contribution is 2.33. The molecule has 0 radical (unpaired) electrons. The van der Waals surface area contributed by atoms with Gasteiger partial charge in [-0.1, -0.05) is 36.9 Å². The molecule has 1 saturated heterocycles. The second-order valence-corrected chi connectivity index (χ2v) is 7.25. The van der Waals surface area contributed by atoms with Crippen LogP contribution in [0, 0.1) is 6.92 Å². The Hall–Kier alpha value is -2.08. The third-order valence-electron chi connectivity index (χ3n) is 5.04. The van der Waals surface area contributed by atoms with E-state index in [1.165, 1.54) is 0 Å². The molecule has 25 heavy (non-hydrogen) atoms. The average molecular weight is 364 g/mol. The monoisotopic (exact) mass is 363 g/mol. The van der Waals surface area contributed by atoms with Crippen molar-refractivity contribution in [2.24, 2.45) is 0 Å². The molecule has 7 heteroatoms. The van der Waals surface area contributed by atoms with Gasteiger partial charge in [-0.3, -0.25) is 14.5 Å². The van der Waals surface area contributed by atoms with Gasteiger partial charge in [-0.05, 0) is 43.0 Å². The lowest BCUT2D eigenvalue weighted by atomic mass is 9.82. The maximum absolute atomic E-state index is 12.6. The van der Waals surface area contributed by atoms with Crippen molar-refractivity contribution in [3.05, 3.63) is 34.3 Å². The fourth-order valence-electron chi connectivity index (χ4n) is 3.54. The lowest BCUT2D eigenvalue weighted by molar-refractivity contribution is -0.135. The molecule has 4 amide bonds. The SMILES string of the molecule is Cc1ccc(Cl)cc1CNC(=O)CN1C(=O)NC2(CCCCC2)C1=O. The maximum atomic E-state index is 12.6. The molecule has 1 heterocycles. The summed E-state index contributed by atoms with van der Waals surface area (Å²) in [6.07, 6.45) is 4.21. The summed E-state index contributed by atoms with van der Waals surface area (Å²) in [6, 6.07) is 5.00. The van der Waals surface area contributed by atoms with Crippen LogP contribution in [0.5, 0.6) is 0 Å². The van der Waals surface area contributed by atoms with Gasteiger partial charge in [0.2, 0.25) is 5.91 Å². The molecule has 0 aromatic heterocycles. The fourth-order valence-corrected chi connectivity index (χ4v) is 3.73. The maximum Gasteiger partial charge on any atom is 0.325 e. The second kappa shape index (κ2) is 7.04. The number of urea groups is 1. The van der Waals surface area contributed by atoms with Crippen LogP contribution in [0.25, 0.3) is 0 Å². The number of halogens is 1. The summed E-state index contributed by atoms with van der Waals surface area (Å²) in [5.74, 6) is -0.637. The highest BCUT2D eigenvalue weighted by Gasteiger charge is 2.51. The highest BCUT2D eigenvalue weighted by molar-refractivity contribution is 6.30. The first-order valence-corrected chi connectivity index (χ1v) is 8.95. The van der Waals surface area contributed by atoms with Gasteiger partial charge in [-0.25, -0.2) is 4.79 Å². The van der Waals surface area contributed by atoms with Crippen molar-refractivity contribution in [2.45, 2.75) is 51.1 Å². The Morgan fingerprint density at radius 1 is 1.28 bits per heavy atom. The summed E-state index contributed by atoms with van der Waals surface area (Å²) in [5, 5.41) is 6.16. The largest absolute Gasteiger partial charge is 0.350 e. The van der Waals surface area contributed by atoms with E-state index in [1.807, 2.05) is 13.0 Å². The predicted octanol–water partition coefficient (Wildman–Crippen LogP) is 2.52. The standard InChI is InChI=1S/C18H22ClN3O3/c1-12-5-6-14(19)9-13(12)10-20-15(23)11-22-16(24)18(21-17(22)25)7-3-2-4-8-18/h5-6,9H,2-4,7-8,10-11H2,1H3,(H,20,23)(H,21,25). The van der Waals surface area contributed by atoms with Crippen molar-refractivity contribution in [3.63, 3.8) is 0 Å². The zero-order valence-electron chi connectivity index (χ0n) is 14.2. The summed E-state index contributed by atoms with van der Waals surface area (Å²) >= 11 is 5.97. The van der Waals surface area contributed by atoms with Crippen LogP contribution in [-0.4, -0.2) is 34.8 Å². The lowest BCUT2D eigenvalue weighted by Gasteiger charge is -2.30. The van der Waals surface area contributed by atoms with Gasteiger partial charge in [0.05, 0.1) is 0 Å². The van der Waals surface area contributed by atoms with Crippen molar-refractivity contribution >= 4 is 29.4 Å².